The molecule has 0 spiro atoms. The van der Waals surface area contributed by atoms with Crippen molar-refractivity contribution < 1.29 is 28.6 Å². The second kappa shape index (κ2) is 9.87. The Morgan fingerprint density at radius 3 is 2.54 bits per heavy atom. The molecule has 1 aliphatic carbocycles. The number of nitrogens with one attached hydrogen (secondary N) is 2. The van der Waals surface area contributed by atoms with Crippen LogP contribution in [-0.2, 0) is 0 Å². The van der Waals surface area contributed by atoms with Crippen molar-refractivity contribution in [1.82, 2.24) is 25.2 Å². The molecule has 3 N–H and O–H groups in total. The number of nitrogens with zero attached hydrogens (tertiary/aromatic N) is 3. The number of carbonyl (C=O) groups excluding carboxylic acids is 1. The van der Waals surface area contributed by atoms with Gasteiger partial charge in [0.05, 0.1) is 24.8 Å². The number of hydrogen-bond donors (Lipinski definition) is 3. The number of aryl methyl sites for hydroxylation is 2. The largest absolute Gasteiger partial charge is 0.494 e. The van der Waals surface area contributed by atoms with Crippen molar-refractivity contribution in [2.24, 2.45) is 5.92 Å². The number of amides is 2. The molecule has 5 rings (SSSR count). The number of carbonyl (C=O) groups is 2. The third-order valence-corrected chi connectivity index (χ3v) is 6.95. The Bertz CT molecular complexity index is 1360. The molecule has 10 nitrogen and oxygen atoms in total. The zero-order valence-electron chi connectivity index (χ0n) is 21.1. The van der Waals surface area contributed by atoms with Crippen LogP contribution in [-0.4, -0.2) is 69.8 Å². The number of fused-ring (bicyclic) bond motifs is 1. The molecule has 1 aliphatic heterocycles. The second-order valence-corrected chi connectivity index (χ2v) is 9.72. The van der Waals surface area contributed by atoms with Crippen molar-refractivity contribution in [2.45, 2.75) is 45.6 Å². The highest BCUT2D eigenvalue weighted by Crippen LogP contribution is 2.39. The maximum Gasteiger partial charge on any atom is 0.407 e. The SMILES string of the molecule is COc1cc(OCC2CC2)c(-c2nc(C)nc3c(C(=O)NC4CCN(C(=O)O)CC4)c(C)[nH]c23)cc1F. The van der Waals surface area contributed by atoms with Gasteiger partial charge in [-0.25, -0.2) is 19.2 Å². The molecule has 1 saturated carbocycles. The number of methoxy groups -OCH3 is 1. The molecule has 37 heavy (non-hydrogen) atoms. The minimum absolute atomic E-state index is 0.0771. The lowest BCUT2D eigenvalue weighted by molar-refractivity contribution is 0.0908. The van der Waals surface area contributed by atoms with Gasteiger partial charge in [0.1, 0.15) is 22.8 Å². The van der Waals surface area contributed by atoms with Gasteiger partial charge in [-0.1, -0.05) is 0 Å². The van der Waals surface area contributed by atoms with Gasteiger partial charge in [0.2, 0.25) is 0 Å². The number of aromatic nitrogens is 3. The third kappa shape index (κ3) is 5.03. The standard InChI is InChI=1S/C26H30FN5O5/c1-13-21(25(33)31-16-6-8-32(9-7-16)26(34)35)23-24(28-13)22(29-14(2)30-23)17-10-18(27)20(36-3)11-19(17)37-12-15-4-5-15/h10-11,15-16,28H,4-9,12H2,1-3H3,(H,31,33)(H,34,35). The van der Waals surface area contributed by atoms with Crippen LogP contribution >= 0.6 is 0 Å². The fraction of sp³-hybridized carbons (Fsp3) is 0.462. The van der Waals surface area contributed by atoms with E-state index in [1.54, 1.807) is 13.8 Å². The van der Waals surface area contributed by atoms with Crippen LogP contribution in [0.1, 0.15) is 47.6 Å². The normalized spacial score (nSPS) is 16.2. The highest BCUT2D eigenvalue weighted by molar-refractivity contribution is 6.09. The molecule has 0 bridgehead atoms. The number of H-pyrrole nitrogens is 1. The van der Waals surface area contributed by atoms with Crippen molar-refractivity contribution in [3.05, 3.63) is 35.0 Å². The molecule has 2 fully saturated rings. The summed E-state index contributed by atoms with van der Waals surface area (Å²) in [5, 5.41) is 12.2. The van der Waals surface area contributed by atoms with E-state index in [1.807, 2.05) is 0 Å². The van der Waals surface area contributed by atoms with Crippen LogP contribution in [0.15, 0.2) is 12.1 Å². The van der Waals surface area contributed by atoms with Gasteiger partial charge in [0, 0.05) is 36.5 Å². The summed E-state index contributed by atoms with van der Waals surface area (Å²) in [6.45, 7) is 4.75. The predicted molar refractivity (Wildman–Crippen MR) is 134 cm³/mol. The van der Waals surface area contributed by atoms with E-state index in [0.29, 0.717) is 83.6 Å². The number of benzene rings is 1. The molecule has 0 unspecified atom stereocenters. The third-order valence-electron chi connectivity index (χ3n) is 6.95. The highest BCUT2D eigenvalue weighted by Gasteiger charge is 2.28. The zero-order valence-corrected chi connectivity index (χ0v) is 21.1. The fourth-order valence-electron chi connectivity index (χ4n) is 4.73. The average Bonchev–Trinajstić information content (AvgIpc) is 3.63. The van der Waals surface area contributed by atoms with Gasteiger partial charge in [-0.05, 0) is 51.5 Å². The van der Waals surface area contributed by atoms with E-state index in [0.717, 1.165) is 12.8 Å². The predicted octanol–water partition coefficient (Wildman–Crippen LogP) is 4.05. The van der Waals surface area contributed by atoms with Gasteiger partial charge in [0.25, 0.3) is 5.91 Å². The molecular weight excluding hydrogens is 481 g/mol. The lowest BCUT2D eigenvalue weighted by Gasteiger charge is -2.30. The zero-order chi connectivity index (χ0) is 26.3. The van der Waals surface area contributed by atoms with E-state index in [9.17, 15) is 14.0 Å². The number of ether oxygens (including phenoxy) is 2. The number of carboxylic acid groups (broad SMARTS) is 1. The van der Waals surface area contributed by atoms with Crippen molar-refractivity contribution >= 4 is 23.0 Å². The van der Waals surface area contributed by atoms with Gasteiger partial charge in [-0.15, -0.1) is 0 Å². The summed E-state index contributed by atoms with van der Waals surface area (Å²) >= 11 is 0. The quantitative estimate of drug-likeness (QED) is 0.436. The first-order valence-electron chi connectivity index (χ1n) is 12.4. The van der Waals surface area contributed by atoms with E-state index in [-0.39, 0.29) is 17.7 Å². The number of piperidine rings is 1. The van der Waals surface area contributed by atoms with Gasteiger partial charge < -0.3 is 29.8 Å². The first-order valence-corrected chi connectivity index (χ1v) is 12.4. The van der Waals surface area contributed by atoms with Gasteiger partial charge >= 0.3 is 6.09 Å². The van der Waals surface area contributed by atoms with Crippen molar-refractivity contribution in [3.8, 4) is 22.8 Å². The Balaban J connectivity index is 1.50. The molecule has 1 aromatic carbocycles. The van der Waals surface area contributed by atoms with Crippen molar-refractivity contribution in [3.63, 3.8) is 0 Å². The summed E-state index contributed by atoms with van der Waals surface area (Å²) in [5.74, 6) is 0.597. The maximum absolute atomic E-state index is 14.8. The molecule has 3 heterocycles. The number of halogens is 1. The molecule has 11 heteroatoms. The van der Waals surface area contributed by atoms with Crippen molar-refractivity contribution in [2.75, 3.05) is 26.8 Å². The number of rotatable bonds is 7. The summed E-state index contributed by atoms with van der Waals surface area (Å²) < 4.78 is 26.1. The molecule has 0 radical (unpaired) electrons. The molecule has 196 valence electrons. The Morgan fingerprint density at radius 2 is 1.89 bits per heavy atom. The van der Waals surface area contributed by atoms with Gasteiger partial charge in [-0.2, -0.15) is 0 Å². The number of aromatic amines is 1. The molecule has 1 saturated heterocycles. The maximum atomic E-state index is 14.8. The first kappa shape index (κ1) is 24.8. The molecule has 3 aromatic rings. The molecule has 0 atom stereocenters. The van der Waals surface area contributed by atoms with Crippen LogP contribution in [0.5, 0.6) is 11.5 Å². The van der Waals surface area contributed by atoms with Crippen LogP contribution in [0.2, 0.25) is 0 Å². The van der Waals surface area contributed by atoms with Gasteiger partial charge in [-0.3, -0.25) is 4.79 Å². The Hall–Kier alpha value is -3.89. The Labute approximate surface area is 213 Å². The summed E-state index contributed by atoms with van der Waals surface area (Å²) in [6, 6.07) is 2.73. The van der Waals surface area contributed by atoms with E-state index in [4.69, 9.17) is 14.6 Å². The van der Waals surface area contributed by atoms with E-state index in [1.165, 1.54) is 24.1 Å². The average molecular weight is 512 g/mol. The second-order valence-electron chi connectivity index (χ2n) is 9.72. The molecule has 2 amide bonds. The minimum Gasteiger partial charge on any atom is -0.494 e. The summed E-state index contributed by atoms with van der Waals surface area (Å²) in [7, 11) is 1.40. The lowest BCUT2D eigenvalue weighted by Crippen LogP contribution is -2.46. The van der Waals surface area contributed by atoms with Crippen molar-refractivity contribution in [1.29, 1.82) is 0 Å². The van der Waals surface area contributed by atoms with E-state index < -0.39 is 11.9 Å². The van der Waals surface area contributed by atoms with Gasteiger partial charge in [0.15, 0.2) is 11.6 Å². The van der Waals surface area contributed by atoms with Crippen LogP contribution in [0, 0.1) is 25.6 Å². The van der Waals surface area contributed by atoms with Crippen LogP contribution in [0.4, 0.5) is 9.18 Å². The Kier molecular flexibility index (Phi) is 6.61. The topological polar surface area (TPSA) is 130 Å². The summed E-state index contributed by atoms with van der Waals surface area (Å²) in [6.07, 6.45) is 2.33. The highest BCUT2D eigenvalue weighted by atomic mass is 19.1. The van der Waals surface area contributed by atoms with Crippen LogP contribution in [0.3, 0.4) is 0 Å². The summed E-state index contributed by atoms with van der Waals surface area (Å²) in [5.41, 5.74) is 2.82. The first-order chi connectivity index (χ1) is 17.7. The van der Waals surface area contributed by atoms with E-state index in [2.05, 4.69) is 20.3 Å². The van der Waals surface area contributed by atoms with E-state index >= 15 is 0 Å². The summed E-state index contributed by atoms with van der Waals surface area (Å²) in [4.78, 5) is 38.3. The fourth-order valence-corrected chi connectivity index (χ4v) is 4.73. The molecular formula is C26H30FN5O5. The monoisotopic (exact) mass is 511 g/mol. The lowest BCUT2D eigenvalue weighted by atomic mass is 10.0. The number of hydrogen-bond acceptors (Lipinski definition) is 6. The number of likely N-dealkylation sites (tertiary alicyclic amines) is 1. The molecule has 2 aromatic heterocycles. The molecule has 2 aliphatic rings. The minimum atomic E-state index is -0.951. The van der Waals surface area contributed by atoms with Crippen LogP contribution in [0.25, 0.3) is 22.3 Å². The smallest absolute Gasteiger partial charge is 0.407 e. The Morgan fingerprint density at radius 1 is 1.16 bits per heavy atom. The van der Waals surface area contributed by atoms with Crippen LogP contribution < -0.4 is 14.8 Å².